The second-order valence-electron chi connectivity index (χ2n) is 9.12. The minimum atomic E-state index is -0.229. The van der Waals surface area contributed by atoms with Gasteiger partial charge < -0.3 is 19.7 Å². The lowest BCUT2D eigenvalue weighted by molar-refractivity contribution is 0.0108. The smallest absolute Gasteiger partial charge is 0.257 e. The Bertz CT molecular complexity index is 966. The molecule has 0 spiro atoms. The Labute approximate surface area is 203 Å². The monoisotopic (exact) mass is 467 g/mol. The molecule has 3 atom stereocenters. The molecular formula is C27H37N3O4. The van der Waals surface area contributed by atoms with Crippen molar-refractivity contribution in [2.75, 3.05) is 45.7 Å². The molecule has 1 N–H and O–H groups in total. The molecule has 0 bridgehead atoms. The first-order valence-corrected chi connectivity index (χ1v) is 12.0. The van der Waals surface area contributed by atoms with Crippen LogP contribution in [0.25, 0.3) is 0 Å². The van der Waals surface area contributed by atoms with E-state index < -0.39 is 0 Å². The van der Waals surface area contributed by atoms with Crippen molar-refractivity contribution in [1.82, 2.24) is 9.80 Å². The molecule has 0 aromatic heterocycles. The van der Waals surface area contributed by atoms with Crippen molar-refractivity contribution in [2.24, 2.45) is 5.92 Å². The van der Waals surface area contributed by atoms with Crippen LogP contribution in [-0.4, -0.2) is 74.2 Å². The summed E-state index contributed by atoms with van der Waals surface area (Å²) in [5.74, 6) is 0.358. The lowest BCUT2D eigenvalue weighted by atomic mass is 10.0. The SMILES string of the molecule is CCCN1C[C@H](C)[C@H](OC)CN(C)C(=O)c2cc(NC(=O)c3ccccc3)ccc2OC[C@@H]1C. The molecule has 2 aromatic rings. The quantitative estimate of drug-likeness (QED) is 0.715. The number of carbonyl (C=O) groups is 2. The van der Waals surface area contributed by atoms with Gasteiger partial charge in [-0.05, 0) is 56.1 Å². The van der Waals surface area contributed by atoms with Crippen molar-refractivity contribution in [3.05, 3.63) is 59.7 Å². The Kier molecular flexibility index (Phi) is 9.07. The van der Waals surface area contributed by atoms with Crippen LogP contribution in [0.2, 0.25) is 0 Å². The maximum absolute atomic E-state index is 13.4. The Balaban J connectivity index is 1.91. The number of amides is 2. The van der Waals surface area contributed by atoms with Gasteiger partial charge in [0.1, 0.15) is 12.4 Å². The van der Waals surface area contributed by atoms with Gasteiger partial charge in [0.25, 0.3) is 11.8 Å². The highest BCUT2D eigenvalue weighted by Gasteiger charge is 2.28. The Hall–Kier alpha value is -2.90. The molecule has 0 radical (unpaired) electrons. The standard InChI is InChI=1S/C27H37N3O4/c1-6-14-30-16-19(2)25(33-5)17-29(4)27(32)23-15-22(12-13-24(23)34-18-20(30)3)28-26(31)21-10-8-7-9-11-21/h7-13,15,19-20,25H,6,14,16-18H2,1-5H3,(H,28,31)/t19-,20-,25+/m0/s1. The summed E-state index contributed by atoms with van der Waals surface area (Å²) in [6.45, 7) is 9.26. The van der Waals surface area contributed by atoms with E-state index in [1.807, 2.05) is 18.2 Å². The average Bonchev–Trinajstić information content (AvgIpc) is 2.85. The summed E-state index contributed by atoms with van der Waals surface area (Å²) in [6.07, 6.45) is 0.957. The van der Waals surface area contributed by atoms with Gasteiger partial charge in [-0.2, -0.15) is 0 Å². The fourth-order valence-electron chi connectivity index (χ4n) is 4.32. The van der Waals surface area contributed by atoms with E-state index in [0.29, 0.717) is 35.7 Å². The van der Waals surface area contributed by atoms with Crippen molar-refractivity contribution in [3.63, 3.8) is 0 Å². The highest BCUT2D eigenvalue weighted by Crippen LogP contribution is 2.27. The van der Waals surface area contributed by atoms with Crippen LogP contribution in [0.5, 0.6) is 5.75 Å². The minimum absolute atomic E-state index is 0.0923. The molecule has 0 aliphatic carbocycles. The predicted molar refractivity (Wildman–Crippen MR) is 135 cm³/mol. The van der Waals surface area contributed by atoms with E-state index in [0.717, 1.165) is 19.5 Å². The van der Waals surface area contributed by atoms with Crippen molar-refractivity contribution in [2.45, 2.75) is 39.3 Å². The summed E-state index contributed by atoms with van der Waals surface area (Å²) in [7, 11) is 3.48. The maximum Gasteiger partial charge on any atom is 0.257 e. The van der Waals surface area contributed by atoms with Crippen LogP contribution in [0.3, 0.4) is 0 Å². The minimum Gasteiger partial charge on any atom is -0.491 e. The number of hydrogen-bond donors (Lipinski definition) is 1. The van der Waals surface area contributed by atoms with Crippen LogP contribution >= 0.6 is 0 Å². The van der Waals surface area contributed by atoms with Crippen molar-refractivity contribution in [3.8, 4) is 5.75 Å². The fraction of sp³-hybridized carbons (Fsp3) is 0.481. The molecular weight excluding hydrogens is 430 g/mol. The number of nitrogens with one attached hydrogen (secondary N) is 1. The van der Waals surface area contributed by atoms with Crippen LogP contribution in [0.15, 0.2) is 48.5 Å². The van der Waals surface area contributed by atoms with E-state index in [2.05, 4.69) is 31.0 Å². The number of ether oxygens (including phenoxy) is 2. The lowest BCUT2D eigenvalue weighted by Gasteiger charge is -2.35. The van der Waals surface area contributed by atoms with Gasteiger partial charge >= 0.3 is 0 Å². The van der Waals surface area contributed by atoms with E-state index in [9.17, 15) is 9.59 Å². The number of methoxy groups -OCH3 is 1. The molecule has 7 nitrogen and oxygen atoms in total. The normalized spacial score (nSPS) is 22.2. The van der Waals surface area contributed by atoms with Gasteiger partial charge in [0, 0.05) is 44.5 Å². The molecule has 0 saturated carbocycles. The van der Waals surface area contributed by atoms with Crippen LogP contribution in [-0.2, 0) is 4.74 Å². The topological polar surface area (TPSA) is 71.1 Å². The molecule has 3 rings (SSSR count). The number of anilines is 1. The summed E-state index contributed by atoms with van der Waals surface area (Å²) < 4.78 is 12.0. The van der Waals surface area contributed by atoms with Crippen molar-refractivity contribution >= 4 is 17.5 Å². The third-order valence-electron chi connectivity index (χ3n) is 6.38. The molecule has 1 aliphatic rings. The predicted octanol–water partition coefficient (Wildman–Crippen LogP) is 4.15. The molecule has 184 valence electrons. The van der Waals surface area contributed by atoms with Gasteiger partial charge in [-0.25, -0.2) is 0 Å². The first-order valence-electron chi connectivity index (χ1n) is 12.0. The van der Waals surface area contributed by atoms with E-state index >= 15 is 0 Å². The van der Waals surface area contributed by atoms with Crippen LogP contribution in [0.4, 0.5) is 5.69 Å². The largest absolute Gasteiger partial charge is 0.491 e. The molecule has 7 heteroatoms. The first-order chi connectivity index (χ1) is 16.3. The molecule has 0 unspecified atom stereocenters. The number of carbonyl (C=O) groups excluding carboxylic acids is 2. The van der Waals surface area contributed by atoms with E-state index in [-0.39, 0.29) is 29.9 Å². The lowest BCUT2D eigenvalue weighted by Crippen LogP contribution is -2.46. The molecule has 2 aromatic carbocycles. The van der Waals surface area contributed by atoms with Gasteiger partial charge in [-0.1, -0.05) is 32.0 Å². The van der Waals surface area contributed by atoms with Crippen molar-refractivity contribution < 1.29 is 19.1 Å². The molecule has 0 fully saturated rings. The van der Waals surface area contributed by atoms with Gasteiger partial charge in [0.15, 0.2) is 0 Å². The van der Waals surface area contributed by atoms with Crippen LogP contribution < -0.4 is 10.1 Å². The number of benzene rings is 2. The number of rotatable bonds is 5. The Morgan fingerprint density at radius 1 is 1.15 bits per heavy atom. The van der Waals surface area contributed by atoms with Gasteiger partial charge in [-0.15, -0.1) is 0 Å². The third-order valence-corrected chi connectivity index (χ3v) is 6.38. The summed E-state index contributed by atoms with van der Waals surface area (Å²) in [5.41, 5.74) is 1.52. The highest BCUT2D eigenvalue weighted by molar-refractivity contribution is 6.05. The zero-order valence-electron chi connectivity index (χ0n) is 20.9. The van der Waals surface area contributed by atoms with E-state index in [1.165, 1.54) is 0 Å². The molecule has 34 heavy (non-hydrogen) atoms. The Morgan fingerprint density at radius 2 is 1.88 bits per heavy atom. The van der Waals surface area contributed by atoms with Gasteiger partial charge in [-0.3, -0.25) is 14.5 Å². The molecule has 2 amide bonds. The fourth-order valence-corrected chi connectivity index (χ4v) is 4.32. The van der Waals surface area contributed by atoms with Crippen LogP contribution in [0, 0.1) is 5.92 Å². The van der Waals surface area contributed by atoms with E-state index in [1.54, 1.807) is 49.4 Å². The highest BCUT2D eigenvalue weighted by atomic mass is 16.5. The van der Waals surface area contributed by atoms with E-state index in [4.69, 9.17) is 9.47 Å². The zero-order valence-corrected chi connectivity index (χ0v) is 20.9. The van der Waals surface area contributed by atoms with Gasteiger partial charge in [0.05, 0.1) is 11.7 Å². The van der Waals surface area contributed by atoms with Crippen LogP contribution in [0.1, 0.15) is 47.9 Å². The first kappa shape index (κ1) is 25.7. The number of fused-ring (bicyclic) bond motifs is 1. The second-order valence-corrected chi connectivity index (χ2v) is 9.12. The number of hydrogen-bond acceptors (Lipinski definition) is 5. The second kappa shape index (κ2) is 12.0. The molecule has 1 heterocycles. The summed E-state index contributed by atoms with van der Waals surface area (Å²) in [4.78, 5) is 30.2. The Morgan fingerprint density at radius 3 is 2.56 bits per heavy atom. The molecule has 0 saturated heterocycles. The average molecular weight is 468 g/mol. The summed E-state index contributed by atoms with van der Waals surface area (Å²) in [5, 5.41) is 2.89. The number of nitrogens with zero attached hydrogens (tertiary/aromatic N) is 2. The summed E-state index contributed by atoms with van der Waals surface area (Å²) in [6, 6.07) is 14.4. The zero-order chi connectivity index (χ0) is 24.7. The number of likely N-dealkylation sites (N-methyl/N-ethyl adjacent to an activating group) is 1. The summed E-state index contributed by atoms with van der Waals surface area (Å²) >= 11 is 0. The van der Waals surface area contributed by atoms with Crippen molar-refractivity contribution in [1.29, 1.82) is 0 Å². The third kappa shape index (κ3) is 6.36. The maximum atomic E-state index is 13.4. The van der Waals surface area contributed by atoms with Gasteiger partial charge in [0.2, 0.25) is 0 Å². The molecule has 1 aliphatic heterocycles.